The van der Waals surface area contributed by atoms with Crippen molar-refractivity contribution in [2.45, 2.75) is 53.4 Å². The van der Waals surface area contributed by atoms with Crippen molar-refractivity contribution in [1.29, 1.82) is 0 Å². The molecule has 0 saturated carbocycles. The van der Waals surface area contributed by atoms with Crippen LogP contribution in [0.2, 0.25) is 0 Å². The Morgan fingerprint density at radius 3 is 2.25 bits per heavy atom. The summed E-state index contributed by atoms with van der Waals surface area (Å²) in [4.78, 5) is 22.9. The van der Waals surface area contributed by atoms with E-state index >= 15 is 0 Å². The molecule has 1 aromatic carbocycles. The van der Waals surface area contributed by atoms with Crippen LogP contribution in [0.3, 0.4) is 0 Å². The number of carbonyl (C=O) groups is 2. The van der Waals surface area contributed by atoms with Gasteiger partial charge in [0.2, 0.25) is 0 Å². The van der Waals surface area contributed by atoms with Crippen LogP contribution in [0.5, 0.6) is 11.5 Å². The molecule has 2 aliphatic carbocycles. The van der Waals surface area contributed by atoms with Crippen molar-refractivity contribution < 1.29 is 19.1 Å². The van der Waals surface area contributed by atoms with Crippen LogP contribution in [0.4, 0.5) is 0 Å². The number of rotatable bonds is 2. The molecule has 4 heteroatoms. The average molecular weight is 328 g/mol. The molecule has 0 aromatic heterocycles. The Balaban J connectivity index is 2.11. The van der Waals surface area contributed by atoms with Crippen LogP contribution in [0, 0.1) is 11.3 Å². The molecule has 2 aliphatic rings. The normalized spacial score (nSPS) is 25.2. The van der Waals surface area contributed by atoms with E-state index in [1.54, 1.807) is 12.1 Å². The summed E-state index contributed by atoms with van der Waals surface area (Å²) in [7, 11) is 0. The molecule has 2 atom stereocenters. The summed E-state index contributed by atoms with van der Waals surface area (Å²) in [6.07, 6.45) is 6.16. The molecule has 24 heavy (non-hydrogen) atoms. The fourth-order valence-electron chi connectivity index (χ4n) is 4.29. The minimum absolute atomic E-state index is 0.148. The number of hydrogen-bond acceptors (Lipinski definition) is 4. The van der Waals surface area contributed by atoms with Gasteiger partial charge in [-0.1, -0.05) is 18.6 Å². The van der Waals surface area contributed by atoms with E-state index in [1.165, 1.54) is 19.4 Å². The Hall–Kier alpha value is -2.10. The molecule has 0 spiro atoms. The van der Waals surface area contributed by atoms with Gasteiger partial charge in [-0.3, -0.25) is 9.59 Å². The first kappa shape index (κ1) is 16.7. The van der Waals surface area contributed by atoms with Gasteiger partial charge in [0.15, 0.2) is 0 Å². The predicted octanol–water partition coefficient (Wildman–Crippen LogP) is 4.00. The van der Waals surface area contributed by atoms with E-state index in [0.717, 1.165) is 36.8 Å². The lowest BCUT2D eigenvalue weighted by atomic mass is 9.59. The van der Waals surface area contributed by atoms with E-state index in [2.05, 4.69) is 19.9 Å². The Kier molecular flexibility index (Phi) is 4.24. The highest BCUT2D eigenvalue weighted by molar-refractivity contribution is 5.72. The van der Waals surface area contributed by atoms with Gasteiger partial charge in [0.05, 0.1) is 0 Å². The number of ether oxygens (including phenoxy) is 2. The molecule has 0 unspecified atom stereocenters. The van der Waals surface area contributed by atoms with Crippen LogP contribution in [-0.2, 0) is 22.4 Å². The van der Waals surface area contributed by atoms with Crippen molar-refractivity contribution in [3.63, 3.8) is 0 Å². The van der Waals surface area contributed by atoms with Gasteiger partial charge in [0.1, 0.15) is 11.5 Å². The minimum Gasteiger partial charge on any atom is -0.426 e. The molecule has 0 bridgehead atoms. The van der Waals surface area contributed by atoms with Gasteiger partial charge in [-0.2, -0.15) is 0 Å². The first-order valence-electron chi connectivity index (χ1n) is 8.48. The molecule has 0 amide bonds. The molecule has 128 valence electrons. The van der Waals surface area contributed by atoms with Crippen molar-refractivity contribution in [2.75, 3.05) is 0 Å². The van der Waals surface area contributed by atoms with Crippen LogP contribution in [-0.4, -0.2) is 11.9 Å². The maximum absolute atomic E-state index is 11.5. The van der Waals surface area contributed by atoms with Crippen molar-refractivity contribution >= 4 is 11.9 Å². The fourth-order valence-corrected chi connectivity index (χ4v) is 4.29. The standard InChI is InChI=1S/C20H24O4/c1-12-6-5-9-20(4)11-16-15(10-17(12)20)18(23-13(2)21)7-8-19(16)24-14(3)22/h6-8,17H,5,9-11H2,1-4H3/t17-,20-/m1/s1. The molecule has 0 aliphatic heterocycles. The van der Waals surface area contributed by atoms with E-state index < -0.39 is 0 Å². The molecule has 3 rings (SSSR count). The number of hydrogen-bond donors (Lipinski definition) is 0. The quantitative estimate of drug-likeness (QED) is 0.468. The van der Waals surface area contributed by atoms with Crippen LogP contribution in [0.25, 0.3) is 0 Å². The summed E-state index contributed by atoms with van der Waals surface area (Å²) in [5, 5.41) is 0. The highest BCUT2D eigenvalue weighted by Crippen LogP contribution is 2.52. The minimum atomic E-state index is -0.332. The van der Waals surface area contributed by atoms with Gasteiger partial charge in [0, 0.05) is 25.0 Å². The fraction of sp³-hybridized carbons (Fsp3) is 0.500. The molecule has 0 heterocycles. The lowest BCUT2D eigenvalue weighted by Crippen LogP contribution is -2.38. The number of esters is 2. The summed E-state index contributed by atoms with van der Waals surface area (Å²) in [5.41, 5.74) is 3.56. The second kappa shape index (κ2) is 6.08. The van der Waals surface area contributed by atoms with Crippen molar-refractivity contribution in [3.8, 4) is 11.5 Å². The molecular weight excluding hydrogens is 304 g/mol. The first-order chi connectivity index (χ1) is 11.3. The molecule has 1 aromatic rings. The average Bonchev–Trinajstić information content (AvgIpc) is 2.47. The number of benzene rings is 1. The number of fused-ring (bicyclic) bond motifs is 2. The highest BCUT2D eigenvalue weighted by Gasteiger charge is 2.43. The van der Waals surface area contributed by atoms with Crippen LogP contribution >= 0.6 is 0 Å². The monoisotopic (exact) mass is 328 g/mol. The molecular formula is C20H24O4. The van der Waals surface area contributed by atoms with Gasteiger partial charge < -0.3 is 9.47 Å². The zero-order valence-electron chi connectivity index (χ0n) is 14.8. The van der Waals surface area contributed by atoms with Gasteiger partial charge in [0.25, 0.3) is 0 Å². The van der Waals surface area contributed by atoms with E-state index in [4.69, 9.17) is 9.47 Å². The molecule has 0 N–H and O–H groups in total. The first-order valence-corrected chi connectivity index (χ1v) is 8.48. The summed E-state index contributed by atoms with van der Waals surface area (Å²) in [6.45, 7) is 7.32. The van der Waals surface area contributed by atoms with E-state index in [1.807, 2.05) is 0 Å². The third kappa shape index (κ3) is 2.97. The second-order valence-corrected chi connectivity index (χ2v) is 7.28. The summed E-state index contributed by atoms with van der Waals surface area (Å²) < 4.78 is 10.9. The molecule has 0 saturated heterocycles. The second-order valence-electron chi connectivity index (χ2n) is 7.28. The van der Waals surface area contributed by atoms with E-state index in [-0.39, 0.29) is 17.4 Å². The zero-order chi connectivity index (χ0) is 17.5. The SMILES string of the molecule is CC(=O)Oc1ccc(OC(C)=O)c2c1C[C@@H]1C(C)=CCC[C@]1(C)C2. The highest BCUT2D eigenvalue weighted by atomic mass is 16.5. The third-order valence-corrected chi connectivity index (χ3v) is 5.41. The van der Waals surface area contributed by atoms with Crippen LogP contribution in [0.15, 0.2) is 23.8 Å². The number of allylic oxidation sites excluding steroid dienone is 2. The maximum atomic E-state index is 11.5. The zero-order valence-corrected chi connectivity index (χ0v) is 14.8. The largest absolute Gasteiger partial charge is 0.426 e. The maximum Gasteiger partial charge on any atom is 0.308 e. The molecule has 0 fully saturated rings. The Labute approximate surface area is 142 Å². The lowest BCUT2D eigenvalue weighted by molar-refractivity contribution is -0.133. The van der Waals surface area contributed by atoms with E-state index in [9.17, 15) is 9.59 Å². The van der Waals surface area contributed by atoms with Gasteiger partial charge in [-0.15, -0.1) is 0 Å². The topological polar surface area (TPSA) is 52.6 Å². The van der Waals surface area contributed by atoms with Gasteiger partial charge in [-0.05, 0) is 56.1 Å². The Bertz CT molecular complexity index is 731. The smallest absolute Gasteiger partial charge is 0.308 e. The summed E-state index contributed by atoms with van der Waals surface area (Å²) in [5.74, 6) is 0.959. The van der Waals surface area contributed by atoms with Crippen LogP contribution in [0.1, 0.15) is 51.7 Å². The lowest BCUT2D eigenvalue weighted by Gasteiger charge is -2.46. The summed E-state index contributed by atoms with van der Waals surface area (Å²) >= 11 is 0. The van der Waals surface area contributed by atoms with Crippen LogP contribution < -0.4 is 9.47 Å². The third-order valence-electron chi connectivity index (χ3n) is 5.41. The predicted molar refractivity (Wildman–Crippen MR) is 91.1 cm³/mol. The summed E-state index contributed by atoms with van der Waals surface area (Å²) in [6, 6.07) is 3.48. The number of carbonyl (C=O) groups excluding carboxylic acids is 2. The Morgan fingerprint density at radius 2 is 1.67 bits per heavy atom. The van der Waals surface area contributed by atoms with Gasteiger partial charge >= 0.3 is 11.9 Å². The van der Waals surface area contributed by atoms with E-state index in [0.29, 0.717) is 17.4 Å². The molecule has 0 radical (unpaired) electrons. The van der Waals surface area contributed by atoms with Gasteiger partial charge in [-0.25, -0.2) is 0 Å². The van der Waals surface area contributed by atoms with Crippen molar-refractivity contribution in [2.24, 2.45) is 11.3 Å². The van der Waals surface area contributed by atoms with Crippen molar-refractivity contribution in [3.05, 3.63) is 34.9 Å². The Morgan fingerprint density at radius 1 is 1.08 bits per heavy atom. The van der Waals surface area contributed by atoms with Crippen molar-refractivity contribution in [1.82, 2.24) is 0 Å². The molecule has 4 nitrogen and oxygen atoms in total.